The summed E-state index contributed by atoms with van der Waals surface area (Å²) in [6.07, 6.45) is 0. The third-order valence-electron chi connectivity index (χ3n) is 3.18. The molecule has 0 saturated carbocycles. The number of amides is 1. The molecule has 0 fully saturated rings. The number of hydrogen-bond donors (Lipinski definition) is 1. The fourth-order valence-corrected chi connectivity index (χ4v) is 2.34. The first-order valence-corrected chi connectivity index (χ1v) is 6.34. The lowest BCUT2D eigenvalue weighted by Gasteiger charge is -2.23. The zero-order chi connectivity index (χ0) is 13.1. The average Bonchev–Trinajstić information content (AvgIpc) is 2.35. The summed E-state index contributed by atoms with van der Waals surface area (Å²) in [4.78, 5) is 11.4. The van der Waals surface area contributed by atoms with Crippen LogP contribution in [0.3, 0.4) is 0 Å². The maximum atomic E-state index is 11.4. The van der Waals surface area contributed by atoms with E-state index in [2.05, 4.69) is 49.5 Å². The van der Waals surface area contributed by atoms with Gasteiger partial charge in [0.15, 0.2) is 0 Å². The van der Waals surface area contributed by atoms with Crippen molar-refractivity contribution in [3.05, 3.63) is 48.0 Å². The lowest BCUT2D eigenvalue weighted by atomic mass is 9.91. The van der Waals surface area contributed by atoms with Gasteiger partial charge in [-0.1, -0.05) is 56.3 Å². The van der Waals surface area contributed by atoms with Crippen LogP contribution in [0.1, 0.15) is 32.4 Å². The highest BCUT2D eigenvalue weighted by molar-refractivity contribution is 5.86. The minimum atomic E-state index is 0.0154. The van der Waals surface area contributed by atoms with Crippen LogP contribution in [0.2, 0.25) is 0 Å². The summed E-state index contributed by atoms with van der Waals surface area (Å²) in [5.41, 5.74) is 1.19. The molecule has 94 valence electrons. The molecule has 0 saturated heterocycles. The van der Waals surface area contributed by atoms with Gasteiger partial charge < -0.3 is 5.32 Å². The molecule has 0 heterocycles. The molecule has 1 atom stereocenters. The van der Waals surface area contributed by atoms with Crippen LogP contribution < -0.4 is 5.32 Å². The number of hydrogen-bond acceptors (Lipinski definition) is 1. The van der Waals surface area contributed by atoms with Crippen molar-refractivity contribution in [3.63, 3.8) is 0 Å². The zero-order valence-electron chi connectivity index (χ0n) is 11.1. The van der Waals surface area contributed by atoms with Crippen molar-refractivity contribution in [1.82, 2.24) is 5.32 Å². The van der Waals surface area contributed by atoms with Crippen LogP contribution in [-0.4, -0.2) is 5.91 Å². The Bertz CT molecular complexity index is 555. The molecule has 0 bridgehead atoms. The van der Waals surface area contributed by atoms with E-state index >= 15 is 0 Å². The molecule has 2 rings (SSSR count). The molecule has 0 spiro atoms. The second-order valence-corrected chi connectivity index (χ2v) is 4.99. The van der Waals surface area contributed by atoms with Crippen molar-refractivity contribution in [2.45, 2.75) is 26.8 Å². The van der Waals surface area contributed by atoms with Crippen molar-refractivity contribution in [2.24, 2.45) is 5.92 Å². The monoisotopic (exact) mass is 241 g/mol. The molecule has 0 aromatic heterocycles. The molecule has 2 nitrogen and oxygen atoms in total. The Morgan fingerprint density at radius 3 is 2.39 bits per heavy atom. The molecule has 2 aromatic carbocycles. The molecule has 18 heavy (non-hydrogen) atoms. The highest BCUT2D eigenvalue weighted by Gasteiger charge is 2.18. The predicted octanol–water partition coefficient (Wildman–Crippen LogP) is 3.67. The van der Waals surface area contributed by atoms with E-state index in [1.807, 2.05) is 12.1 Å². The van der Waals surface area contributed by atoms with Gasteiger partial charge in [-0.25, -0.2) is 0 Å². The van der Waals surface area contributed by atoms with Gasteiger partial charge in [-0.3, -0.25) is 4.79 Å². The highest BCUT2D eigenvalue weighted by atomic mass is 16.1. The molecule has 2 aromatic rings. The van der Waals surface area contributed by atoms with Crippen LogP contribution >= 0.6 is 0 Å². The van der Waals surface area contributed by atoms with E-state index in [1.165, 1.54) is 16.3 Å². The third-order valence-corrected chi connectivity index (χ3v) is 3.18. The Morgan fingerprint density at radius 1 is 1.06 bits per heavy atom. The summed E-state index contributed by atoms with van der Waals surface area (Å²) in [5.74, 6) is 0.376. The maximum Gasteiger partial charge on any atom is 0.217 e. The lowest BCUT2D eigenvalue weighted by molar-refractivity contribution is -0.120. The van der Waals surface area contributed by atoms with Crippen molar-refractivity contribution >= 4 is 16.7 Å². The Kier molecular flexibility index (Phi) is 3.66. The molecule has 0 aliphatic rings. The van der Waals surface area contributed by atoms with Crippen molar-refractivity contribution in [1.29, 1.82) is 0 Å². The van der Waals surface area contributed by atoms with Gasteiger partial charge in [0.05, 0.1) is 6.04 Å². The standard InChI is InChI=1S/C16H19NO/c1-11(2)16(17-12(3)18)15-10-6-8-13-7-4-5-9-14(13)15/h4-11,16H,1-3H3,(H,17,18). The molecule has 1 N–H and O–H groups in total. The summed E-state index contributed by atoms with van der Waals surface area (Å²) in [6.45, 7) is 5.82. The van der Waals surface area contributed by atoms with Gasteiger partial charge in [-0.05, 0) is 22.3 Å². The number of fused-ring (bicyclic) bond motifs is 1. The van der Waals surface area contributed by atoms with Crippen molar-refractivity contribution in [3.8, 4) is 0 Å². The van der Waals surface area contributed by atoms with Gasteiger partial charge in [0.2, 0.25) is 5.91 Å². The van der Waals surface area contributed by atoms with E-state index in [1.54, 1.807) is 6.92 Å². The fourth-order valence-electron chi connectivity index (χ4n) is 2.34. The van der Waals surface area contributed by atoms with E-state index in [0.717, 1.165) is 0 Å². The van der Waals surface area contributed by atoms with E-state index in [4.69, 9.17) is 0 Å². The normalized spacial score (nSPS) is 12.7. The zero-order valence-corrected chi connectivity index (χ0v) is 11.1. The van der Waals surface area contributed by atoms with Gasteiger partial charge in [0.25, 0.3) is 0 Å². The molecule has 1 unspecified atom stereocenters. The fraction of sp³-hybridized carbons (Fsp3) is 0.312. The molecule has 2 heteroatoms. The number of carbonyl (C=O) groups is 1. The van der Waals surface area contributed by atoms with E-state index in [-0.39, 0.29) is 11.9 Å². The first-order valence-electron chi connectivity index (χ1n) is 6.34. The summed E-state index contributed by atoms with van der Waals surface area (Å²) in [7, 11) is 0. The van der Waals surface area contributed by atoms with E-state index in [9.17, 15) is 4.79 Å². The average molecular weight is 241 g/mol. The number of nitrogens with one attached hydrogen (secondary N) is 1. The number of benzene rings is 2. The molecule has 0 radical (unpaired) electrons. The summed E-state index contributed by atoms with van der Waals surface area (Å²) >= 11 is 0. The summed E-state index contributed by atoms with van der Waals surface area (Å²) in [6, 6.07) is 14.6. The Labute approximate surface area is 108 Å². The third kappa shape index (κ3) is 2.53. The van der Waals surface area contributed by atoms with Gasteiger partial charge in [0.1, 0.15) is 0 Å². The number of rotatable bonds is 3. The first-order chi connectivity index (χ1) is 8.59. The number of carbonyl (C=O) groups excluding carboxylic acids is 1. The van der Waals surface area contributed by atoms with Gasteiger partial charge in [0, 0.05) is 6.92 Å². The molecule has 0 aliphatic heterocycles. The highest BCUT2D eigenvalue weighted by Crippen LogP contribution is 2.28. The van der Waals surface area contributed by atoms with Crippen molar-refractivity contribution in [2.75, 3.05) is 0 Å². The van der Waals surface area contributed by atoms with Gasteiger partial charge in [-0.15, -0.1) is 0 Å². The molecule has 1 amide bonds. The van der Waals surface area contributed by atoms with Crippen LogP contribution in [0.15, 0.2) is 42.5 Å². The van der Waals surface area contributed by atoms with Gasteiger partial charge >= 0.3 is 0 Å². The van der Waals surface area contributed by atoms with E-state index < -0.39 is 0 Å². The molecule has 0 aliphatic carbocycles. The SMILES string of the molecule is CC(=O)NC(c1cccc2ccccc12)C(C)C. The van der Waals surface area contributed by atoms with Crippen LogP contribution in [-0.2, 0) is 4.79 Å². The quantitative estimate of drug-likeness (QED) is 0.872. The van der Waals surface area contributed by atoms with Crippen molar-refractivity contribution < 1.29 is 4.79 Å². The Hall–Kier alpha value is -1.83. The second-order valence-electron chi connectivity index (χ2n) is 4.99. The first kappa shape index (κ1) is 12.6. The van der Waals surface area contributed by atoms with Crippen LogP contribution in [0.4, 0.5) is 0 Å². The summed E-state index contributed by atoms with van der Waals surface area (Å²) in [5, 5.41) is 5.48. The van der Waals surface area contributed by atoms with E-state index in [0.29, 0.717) is 5.92 Å². The smallest absolute Gasteiger partial charge is 0.217 e. The lowest BCUT2D eigenvalue weighted by Crippen LogP contribution is -2.29. The minimum absolute atomic E-state index is 0.0154. The molecular weight excluding hydrogens is 222 g/mol. The van der Waals surface area contributed by atoms with Gasteiger partial charge in [-0.2, -0.15) is 0 Å². The second kappa shape index (κ2) is 5.21. The van der Waals surface area contributed by atoms with Crippen LogP contribution in [0.5, 0.6) is 0 Å². The minimum Gasteiger partial charge on any atom is -0.349 e. The molecular formula is C16H19NO. The van der Waals surface area contributed by atoms with Crippen LogP contribution in [0.25, 0.3) is 10.8 Å². The largest absolute Gasteiger partial charge is 0.349 e. The predicted molar refractivity (Wildman–Crippen MR) is 75.3 cm³/mol. The maximum absolute atomic E-state index is 11.4. The Morgan fingerprint density at radius 2 is 1.72 bits per heavy atom. The van der Waals surface area contributed by atoms with Crippen LogP contribution in [0, 0.1) is 5.92 Å². The Balaban J connectivity index is 2.53. The topological polar surface area (TPSA) is 29.1 Å². The summed E-state index contributed by atoms with van der Waals surface area (Å²) < 4.78 is 0.